The molecule has 1 aliphatic heterocycles. The molecule has 0 spiro atoms. The number of anilines is 2. The quantitative estimate of drug-likeness (QED) is 0.278. The summed E-state index contributed by atoms with van der Waals surface area (Å²) in [5.41, 5.74) is 3.66. The molecule has 3 aromatic rings. The zero-order valence-corrected chi connectivity index (χ0v) is 24.0. The fraction of sp³-hybridized carbons (Fsp3) is 0.407. The van der Waals surface area contributed by atoms with Crippen LogP contribution in [0, 0.1) is 16.7 Å². The molecule has 1 saturated heterocycles. The van der Waals surface area contributed by atoms with Crippen LogP contribution in [0.25, 0.3) is 28.0 Å². The number of carbonyl (C=O) groups excluding carboxylic acids is 1. The number of rotatable bonds is 6. The Morgan fingerprint density at radius 2 is 1.95 bits per heavy atom. The van der Waals surface area contributed by atoms with E-state index in [2.05, 4.69) is 30.4 Å². The van der Waals surface area contributed by atoms with Crippen LogP contribution in [0.5, 0.6) is 0 Å². The van der Waals surface area contributed by atoms with Gasteiger partial charge in [0.05, 0.1) is 22.5 Å². The van der Waals surface area contributed by atoms with E-state index in [-0.39, 0.29) is 11.7 Å². The molecule has 1 amide bonds. The van der Waals surface area contributed by atoms with E-state index in [0.29, 0.717) is 31.9 Å². The minimum atomic E-state index is -0.515. The SMILES string of the molecule is CC.CNc1cc(-c2ccc(/C=C(/C#N)C=N)[nH]2)ncc1-c1nnc(N2CCN(C(=O)OC(C)(C)C)CC2)s1. The van der Waals surface area contributed by atoms with Crippen molar-refractivity contribution < 1.29 is 9.53 Å². The first-order chi connectivity index (χ1) is 18.7. The van der Waals surface area contributed by atoms with Gasteiger partial charge in [0.2, 0.25) is 5.13 Å². The van der Waals surface area contributed by atoms with Crippen molar-refractivity contribution in [2.24, 2.45) is 0 Å². The average molecular weight is 550 g/mol. The highest BCUT2D eigenvalue weighted by Gasteiger charge is 2.27. The summed E-state index contributed by atoms with van der Waals surface area (Å²) in [7, 11) is 1.84. The molecule has 4 rings (SSSR count). The number of piperazine rings is 1. The normalized spacial score (nSPS) is 13.7. The maximum Gasteiger partial charge on any atom is 0.410 e. The van der Waals surface area contributed by atoms with E-state index in [4.69, 9.17) is 15.4 Å². The second-order valence-corrected chi connectivity index (χ2v) is 10.3. The summed E-state index contributed by atoms with van der Waals surface area (Å²) in [5, 5.41) is 29.9. The molecule has 0 aromatic carbocycles. The van der Waals surface area contributed by atoms with Gasteiger partial charge in [0.1, 0.15) is 11.7 Å². The van der Waals surface area contributed by atoms with E-state index in [1.807, 2.05) is 65.9 Å². The number of carbonyl (C=O) groups is 1. The molecule has 206 valence electrons. The molecule has 12 heteroatoms. The largest absolute Gasteiger partial charge is 0.444 e. The van der Waals surface area contributed by atoms with Crippen LogP contribution < -0.4 is 10.2 Å². The lowest BCUT2D eigenvalue weighted by Crippen LogP contribution is -2.50. The lowest BCUT2D eigenvalue weighted by Gasteiger charge is -2.35. The van der Waals surface area contributed by atoms with E-state index >= 15 is 0 Å². The van der Waals surface area contributed by atoms with E-state index in [9.17, 15) is 4.79 Å². The van der Waals surface area contributed by atoms with E-state index < -0.39 is 5.60 Å². The summed E-state index contributed by atoms with van der Waals surface area (Å²) in [4.78, 5) is 24.0. The number of nitriles is 1. The summed E-state index contributed by atoms with van der Waals surface area (Å²) in [6, 6.07) is 7.61. The number of aromatic nitrogens is 4. The van der Waals surface area contributed by atoms with Crippen LogP contribution in [0.3, 0.4) is 0 Å². The molecular formula is C27H35N9O2S. The van der Waals surface area contributed by atoms with Crippen molar-refractivity contribution in [2.75, 3.05) is 43.4 Å². The van der Waals surface area contributed by atoms with Crippen LogP contribution in [0.15, 0.2) is 30.0 Å². The van der Waals surface area contributed by atoms with Crippen LogP contribution in [-0.4, -0.2) is 76.2 Å². The third kappa shape index (κ3) is 7.42. The van der Waals surface area contributed by atoms with Crippen LogP contribution in [0.2, 0.25) is 0 Å². The number of hydrogen-bond acceptors (Lipinski definition) is 10. The van der Waals surface area contributed by atoms with E-state index in [0.717, 1.165) is 39.0 Å². The molecule has 1 fully saturated rings. The topological polar surface area (TPSA) is 147 Å². The Kier molecular flexibility index (Phi) is 9.78. The predicted octanol–water partition coefficient (Wildman–Crippen LogP) is 5.28. The molecule has 1 aliphatic rings. The van der Waals surface area contributed by atoms with Crippen molar-refractivity contribution >= 4 is 40.5 Å². The number of H-pyrrole nitrogens is 1. The van der Waals surface area contributed by atoms with Crippen LogP contribution in [0.1, 0.15) is 40.3 Å². The zero-order chi connectivity index (χ0) is 28.6. The Morgan fingerprint density at radius 3 is 2.56 bits per heavy atom. The maximum atomic E-state index is 12.3. The molecule has 3 N–H and O–H groups in total. The standard InChI is InChI=1S/C25H29N9O2S.C2H6/c1-25(2,3)36-24(35)34-9-7-33(8-10-34)23-32-31-22(37-23)18-15-29-21(12-20(18)28-4)19-6-5-17(30-19)11-16(13-26)14-27;1-2/h5-6,11-13,15,26,30H,7-10H2,1-4H3,(H,28,29);1-2H3/b16-11+,26-13?;. The lowest BCUT2D eigenvalue weighted by molar-refractivity contribution is 0.0240. The molecular weight excluding hydrogens is 514 g/mol. The smallest absolute Gasteiger partial charge is 0.410 e. The van der Waals surface area contributed by atoms with Gasteiger partial charge in [-0.15, -0.1) is 10.2 Å². The predicted molar refractivity (Wildman–Crippen MR) is 156 cm³/mol. The van der Waals surface area contributed by atoms with Gasteiger partial charge in [0, 0.05) is 57.0 Å². The van der Waals surface area contributed by atoms with E-state index in [1.165, 1.54) is 11.3 Å². The Labute approximate surface area is 233 Å². The number of aromatic amines is 1. The van der Waals surface area contributed by atoms with Crippen molar-refractivity contribution in [3.63, 3.8) is 0 Å². The van der Waals surface area contributed by atoms with E-state index in [1.54, 1.807) is 17.2 Å². The molecule has 11 nitrogen and oxygen atoms in total. The Hall–Kier alpha value is -4.24. The molecule has 4 heterocycles. The first-order valence-electron chi connectivity index (χ1n) is 12.8. The van der Waals surface area contributed by atoms with Gasteiger partial charge in [-0.05, 0) is 45.0 Å². The highest BCUT2D eigenvalue weighted by atomic mass is 32.1. The zero-order valence-electron chi connectivity index (χ0n) is 23.2. The van der Waals surface area contributed by atoms with Gasteiger partial charge in [-0.3, -0.25) is 4.98 Å². The molecule has 39 heavy (non-hydrogen) atoms. The first-order valence-corrected chi connectivity index (χ1v) is 13.6. The summed E-state index contributed by atoms with van der Waals surface area (Å²) in [5.74, 6) is 0. The minimum absolute atomic E-state index is 0.256. The fourth-order valence-corrected chi connectivity index (χ4v) is 4.68. The summed E-state index contributed by atoms with van der Waals surface area (Å²) in [6.07, 6.45) is 4.10. The average Bonchev–Trinajstić information content (AvgIpc) is 3.62. The van der Waals surface area contributed by atoms with Crippen molar-refractivity contribution in [3.05, 3.63) is 35.7 Å². The molecule has 0 saturated carbocycles. The molecule has 0 radical (unpaired) electrons. The number of hydrogen-bond donors (Lipinski definition) is 3. The highest BCUT2D eigenvalue weighted by Crippen LogP contribution is 2.35. The first kappa shape index (κ1) is 29.3. The van der Waals surface area contributed by atoms with Crippen LogP contribution in [0.4, 0.5) is 15.6 Å². The van der Waals surface area contributed by atoms with Gasteiger partial charge >= 0.3 is 6.09 Å². The number of amides is 1. The van der Waals surface area contributed by atoms with Gasteiger partial charge in [-0.25, -0.2) is 4.79 Å². The summed E-state index contributed by atoms with van der Waals surface area (Å²) < 4.78 is 5.48. The van der Waals surface area contributed by atoms with Crippen molar-refractivity contribution in [1.29, 1.82) is 10.7 Å². The van der Waals surface area contributed by atoms with Crippen LogP contribution >= 0.6 is 11.3 Å². The number of nitrogens with zero attached hydrogens (tertiary/aromatic N) is 6. The Balaban J connectivity index is 0.00000205. The van der Waals surface area contributed by atoms with Crippen LogP contribution in [-0.2, 0) is 4.74 Å². The Bertz CT molecular complexity index is 1360. The number of ether oxygens (including phenoxy) is 1. The van der Waals surface area contributed by atoms with Gasteiger partial charge in [0.15, 0.2) is 5.01 Å². The van der Waals surface area contributed by atoms with Gasteiger partial charge < -0.3 is 30.2 Å². The second kappa shape index (κ2) is 13.0. The molecule has 0 aliphatic carbocycles. The van der Waals surface area contributed by atoms with Crippen molar-refractivity contribution in [2.45, 2.75) is 40.2 Å². The minimum Gasteiger partial charge on any atom is -0.444 e. The number of allylic oxidation sites excluding steroid dienone is 1. The van der Waals surface area contributed by atoms with Crippen molar-refractivity contribution in [1.82, 2.24) is 25.1 Å². The second-order valence-electron chi connectivity index (χ2n) is 9.39. The third-order valence-corrected chi connectivity index (χ3v) is 6.62. The summed E-state index contributed by atoms with van der Waals surface area (Å²) >= 11 is 1.48. The van der Waals surface area contributed by atoms with Gasteiger partial charge in [-0.1, -0.05) is 25.2 Å². The molecule has 3 aromatic heterocycles. The fourth-order valence-electron chi connectivity index (χ4n) is 3.76. The van der Waals surface area contributed by atoms with Gasteiger partial charge in [0.25, 0.3) is 0 Å². The molecule has 0 atom stereocenters. The third-order valence-electron chi connectivity index (χ3n) is 5.60. The summed E-state index contributed by atoms with van der Waals surface area (Å²) in [6.45, 7) is 12.0. The highest BCUT2D eigenvalue weighted by molar-refractivity contribution is 7.18. The molecule has 0 unspecified atom stereocenters. The Morgan fingerprint density at radius 1 is 1.23 bits per heavy atom. The lowest BCUT2D eigenvalue weighted by atomic mass is 10.2. The van der Waals surface area contributed by atoms with Gasteiger partial charge in [-0.2, -0.15) is 5.26 Å². The maximum absolute atomic E-state index is 12.3. The number of pyridine rings is 1. The number of nitrogens with one attached hydrogen (secondary N) is 3. The van der Waals surface area contributed by atoms with Crippen molar-refractivity contribution in [3.8, 4) is 28.0 Å². The monoisotopic (exact) mass is 549 g/mol. The molecule has 0 bridgehead atoms.